The van der Waals surface area contributed by atoms with E-state index in [1.165, 1.54) is 0 Å². The van der Waals surface area contributed by atoms with Crippen LogP contribution < -0.4 is 5.32 Å². The first kappa shape index (κ1) is 15.0. The van der Waals surface area contributed by atoms with Crippen molar-refractivity contribution in [1.82, 2.24) is 20.0 Å². The van der Waals surface area contributed by atoms with E-state index in [0.29, 0.717) is 25.8 Å². The Balaban J connectivity index is 1.72. The molecular formula is C14H21BrN4O2. The standard InChI is InChI=1S/C14H21BrN4O2/c1-9-13(15)11(18(2)17-9)7-19-5-6-21-8-12(19)14(20)16-10-3-4-10/h10,12H,3-8H2,1-2H3,(H,16,20). The van der Waals surface area contributed by atoms with Gasteiger partial charge in [0, 0.05) is 26.2 Å². The average Bonchev–Trinajstić information content (AvgIpc) is 3.24. The Morgan fingerprint density at radius 1 is 1.52 bits per heavy atom. The van der Waals surface area contributed by atoms with E-state index in [-0.39, 0.29) is 11.9 Å². The number of carbonyl (C=O) groups excluding carboxylic acids is 1. The summed E-state index contributed by atoms with van der Waals surface area (Å²) < 4.78 is 8.41. The zero-order chi connectivity index (χ0) is 15.0. The highest BCUT2D eigenvalue weighted by molar-refractivity contribution is 9.10. The second kappa shape index (κ2) is 6.06. The van der Waals surface area contributed by atoms with E-state index in [2.05, 4.69) is 31.2 Å². The third-order valence-electron chi connectivity index (χ3n) is 4.08. The van der Waals surface area contributed by atoms with Gasteiger partial charge in [-0.05, 0) is 35.7 Å². The summed E-state index contributed by atoms with van der Waals surface area (Å²) in [6, 6.07) is 0.174. The number of rotatable bonds is 4. The van der Waals surface area contributed by atoms with Crippen LogP contribution in [0, 0.1) is 6.92 Å². The summed E-state index contributed by atoms with van der Waals surface area (Å²) in [7, 11) is 1.94. The molecule has 1 saturated carbocycles. The van der Waals surface area contributed by atoms with Crippen LogP contribution in [0.1, 0.15) is 24.2 Å². The van der Waals surface area contributed by atoms with Crippen LogP contribution in [0.3, 0.4) is 0 Å². The summed E-state index contributed by atoms with van der Waals surface area (Å²) in [6.07, 6.45) is 2.21. The van der Waals surface area contributed by atoms with Gasteiger partial charge in [0.25, 0.3) is 0 Å². The van der Waals surface area contributed by atoms with Crippen LogP contribution in [0.15, 0.2) is 4.47 Å². The van der Waals surface area contributed by atoms with E-state index < -0.39 is 0 Å². The van der Waals surface area contributed by atoms with Gasteiger partial charge in [-0.25, -0.2) is 0 Å². The molecule has 1 aromatic heterocycles. The molecule has 116 valence electrons. The van der Waals surface area contributed by atoms with E-state index in [4.69, 9.17) is 4.74 Å². The van der Waals surface area contributed by atoms with Crippen molar-refractivity contribution in [2.45, 2.75) is 38.4 Å². The zero-order valence-corrected chi connectivity index (χ0v) is 14.0. The summed E-state index contributed by atoms with van der Waals surface area (Å²) in [5.74, 6) is 0.0900. The Morgan fingerprint density at radius 3 is 2.90 bits per heavy atom. The van der Waals surface area contributed by atoms with Crippen LogP contribution in [-0.2, 0) is 23.1 Å². The highest BCUT2D eigenvalue weighted by Gasteiger charge is 2.33. The SMILES string of the molecule is Cc1nn(C)c(CN2CCOCC2C(=O)NC2CC2)c1Br. The van der Waals surface area contributed by atoms with Crippen LogP contribution in [-0.4, -0.2) is 52.4 Å². The highest BCUT2D eigenvalue weighted by atomic mass is 79.9. The summed E-state index contributed by atoms with van der Waals surface area (Å²) in [6.45, 7) is 4.57. The number of aromatic nitrogens is 2. The molecule has 7 heteroatoms. The Morgan fingerprint density at radius 2 is 2.29 bits per heavy atom. The van der Waals surface area contributed by atoms with Gasteiger partial charge in [-0.2, -0.15) is 5.10 Å². The average molecular weight is 357 g/mol. The van der Waals surface area contributed by atoms with Crippen LogP contribution in [0.25, 0.3) is 0 Å². The number of hydrogen-bond acceptors (Lipinski definition) is 4. The Kier molecular flexibility index (Phi) is 4.33. The van der Waals surface area contributed by atoms with Crippen molar-refractivity contribution in [3.05, 3.63) is 15.9 Å². The third-order valence-corrected chi connectivity index (χ3v) is 5.11. The molecular weight excluding hydrogens is 336 g/mol. The molecule has 2 aliphatic rings. The minimum Gasteiger partial charge on any atom is -0.378 e. The van der Waals surface area contributed by atoms with Crippen molar-refractivity contribution in [3.8, 4) is 0 Å². The molecule has 1 aliphatic carbocycles. The molecule has 1 amide bonds. The number of amides is 1. The van der Waals surface area contributed by atoms with Gasteiger partial charge in [-0.1, -0.05) is 0 Å². The topological polar surface area (TPSA) is 59.4 Å². The summed E-state index contributed by atoms with van der Waals surface area (Å²) in [5.41, 5.74) is 2.07. The number of ether oxygens (including phenoxy) is 1. The van der Waals surface area contributed by atoms with Gasteiger partial charge in [-0.3, -0.25) is 14.4 Å². The van der Waals surface area contributed by atoms with Crippen LogP contribution >= 0.6 is 15.9 Å². The van der Waals surface area contributed by atoms with Crippen molar-refractivity contribution in [3.63, 3.8) is 0 Å². The lowest BCUT2D eigenvalue weighted by atomic mass is 10.2. The van der Waals surface area contributed by atoms with Gasteiger partial charge in [0.2, 0.25) is 5.91 Å². The molecule has 2 heterocycles. The molecule has 6 nitrogen and oxygen atoms in total. The van der Waals surface area contributed by atoms with E-state index >= 15 is 0 Å². The van der Waals surface area contributed by atoms with Gasteiger partial charge in [0.15, 0.2) is 0 Å². The molecule has 1 aromatic rings. The highest BCUT2D eigenvalue weighted by Crippen LogP contribution is 2.24. The lowest BCUT2D eigenvalue weighted by Gasteiger charge is -2.34. The maximum absolute atomic E-state index is 12.4. The molecule has 1 saturated heterocycles. The molecule has 0 radical (unpaired) electrons. The largest absolute Gasteiger partial charge is 0.378 e. The smallest absolute Gasteiger partial charge is 0.239 e. The molecule has 1 N–H and O–H groups in total. The lowest BCUT2D eigenvalue weighted by molar-refractivity contribution is -0.133. The number of nitrogens with zero attached hydrogens (tertiary/aromatic N) is 3. The first-order chi connectivity index (χ1) is 10.1. The van der Waals surface area contributed by atoms with Crippen molar-refractivity contribution in [2.75, 3.05) is 19.8 Å². The monoisotopic (exact) mass is 356 g/mol. The predicted molar refractivity (Wildman–Crippen MR) is 81.8 cm³/mol. The number of halogens is 1. The molecule has 3 rings (SSSR count). The van der Waals surface area contributed by atoms with Crippen LogP contribution in [0.2, 0.25) is 0 Å². The fraction of sp³-hybridized carbons (Fsp3) is 0.714. The summed E-state index contributed by atoms with van der Waals surface area (Å²) in [4.78, 5) is 14.5. The fourth-order valence-corrected chi connectivity index (χ4v) is 3.10. The van der Waals surface area contributed by atoms with Crippen LogP contribution in [0.4, 0.5) is 0 Å². The maximum atomic E-state index is 12.4. The predicted octanol–water partition coefficient (Wildman–Crippen LogP) is 0.970. The molecule has 0 aromatic carbocycles. The number of nitrogens with one attached hydrogen (secondary N) is 1. The van der Waals surface area contributed by atoms with E-state index in [1.807, 2.05) is 18.7 Å². The number of aryl methyl sites for hydroxylation is 2. The van der Waals surface area contributed by atoms with E-state index in [9.17, 15) is 4.79 Å². The van der Waals surface area contributed by atoms with Gasteiger partial charge < -0.3 is 10.1 Å². The van der Waals surface area contributed by atoms with Crippen molar-refractivity contribution < 1.29 is 9.53 Å². The fourth-order valence-electron chi connectivity index (χ4n) is 2.64. The zero-order valence-electron chi connectivity index (χ0n) is 12.4. The molecule has 0 bridgehead atoms. The first-order valence-electron chi connectivity index (χ1n) is 7.36. The van der Waals surface area contributed by atoms with Gasteiger partial charge in [0.1, 0.15) is 6.04 Å². The quantitative estimate of drug-likeness (QED) is 0.873. The second-order valence-corrected chi connectivity index (χ2v) is 6.61. The Hall–Kier alpha value is -0.920. The van der Waals surface area contributed by atoms with Crippen molar-refractivity contribution >= 4 is 21.8 Å². The van der Waals surface area contributed by atoms with Gasteiger partial charge in [0.05, 0.1) is 29.1 Å². The molecule has 2 fully saturated rings. The van der Waals surface area contributed by atoms with Gasteiger partial charge >= 0.3 is 0 Å². The minimum absolute atomic E-state index is 0.0900. The minimum atomic E-state index is -0.207. The van der Waals surface area contributed by atoms with E-state index in [0.717, 1.165) is 35.2 Å². The number of carbonyl (C=O) groups is 1. The number of hydrogen-bond donors (Lipinski definition) is 1. The molecule has 1 aliphatic heterocycles. The lowest BCUT2D eigenvalue weighted by Crippen LogP contribution is -2.53. The first-order valence-corrected chi connectivity index (χ1v) is 8.15. The maximum Gasteiger partial charge on any atom is 0.239 e. The summed E-state index contributed by atoms with van der Waals surface area (Å²) >= 11 is 3.59. The number of morpholine rings is 1. The molecule has 1 atom stereocenters. The summed E-state index contributed by atoms with van der Waals surface area (Å²) in [5, 5.41) is 7.49. The van der Waals surface area contributed by atoms with Crippen LogP contribution in [0.5, 0.6) is 0 Å². The van der Waals surface area contributed by atoms with Gasteiger partial charge in [-0.15, -0.1) is 0 Å². The third kappa shape index (κ3) is 3.30. The second-order valence-electron chi connectivity index (χ2n) is 5.81. The Bertz CT molecular complexity index is 541. The van der Waals surface area contributed by atoms with Crippen molar-refractivity contribution in [2.24, 2.45) is 7.05 Å². The molecule has 0 spiro atoms. The molecule has 1 unspecified atom stereocenters. The van der Waals surface area contributed by atoms with Crippen molar-refractivity contribution in [1.29, 1.82) is 0 Å². The molecule has 21 heavy (non-hydrogen) atoms. The normalized spacial score (nSPS) is 23.3. The Labute approximate surface area is 132 Å². The van der Waals surface area contributed by atoms with E-state index in [1.54, 1.807) is 0 Å².